The number of nitrogens with zero attached hydrogens (tertiary/aromatic N) is 1. The molecule has 0 aromatic heterocycles. The minimum atomic E-state index is -4.40. The zero-order valence-electron chi connectivity index (χ0n) is 12.4. The summed E-state index contributed by atoms with van der Waals surface area (Å²) in [5, 5.41) is 3.62. The molecule has 0 unspecified atom stereocenters. The molecular weight excluding hydrogens is 322 g/mol. The molecule has 9 heteroatoms. The third kappa shape index (κ3) is 5.44. The van der Waals surface area contributed by atoms with E-state index in [1.165, 1.54) is 19.1 Å². The SMILES string of the molecule is CCOP(=O)(OCC)O/N=C(\C)c1ccc(C(F)(F)F)cc1. The van der Waals surface area contributed by atoms with Crippen LogP contribution in [0.4, 0.5) is 13.2 Å². The number of phosphoric ester groups is 1. The fourth-order valence-corrected chi connectivity index (χ4v) is 2.49. The maximum absolute atomic E-state index is 12.5. The molecule has 0 bridgehead atoms. The Labute approximate surface area is 126 Å². The summed E-state index contributed by atoms with van der Waals surface area (Å²) in [7, 11) is -3.80. The van der Waals surface area contributed by atoms with Gasteiger partial charge < -0.3 is 0 Å². The van der Waals surface area contributed by atoms with Gasteiger partial charge in [0.1, 0.15) is 0 Å². The summed E-state index contributed by atoms with van der Waals surface area (Å²) in [5.41, 5.74) is -0.125. The first-order chi connectivity index (χ1) is 10.2. The van der Waals surface area contributed by atoms with Crippen LogP contribution in [0.25, 0.3) is 0 Å². The van der Waals surface area contributed by atoms with E-state index in [0.717, 1.165) is 12.1 Å². The lowest BCUT2D eigenvalue weighted by Gasteiger charge is -2.13. The molecule has 0 aliphatic rings. The van der Waals surface area contributed by atoms with E-state index in [1.807, 2.05) is 0 Å². The highest BCUT2D eigenvalue weighted by atomic mass is 31.2. The van der Waals surface area contributed by atoms with E-state index in [2.05, 4.69) is 5.16 Å². The van der Waals surface area contributed by atoms with Crippen molar-refractivity contribution < 1.29 is 31.4 Å². The summed E-state index contributed by atoms with van der Waals surface area (Å²) < 4.78 is 64.0. The number of phosphoric acid groups is 1. The summed E-state index contributed by atoms with van der Waals surface area (Å²) in [4.78, 5) is 0. The molecule has 5 nitrogen and oxygen atoms in total. The highest BCUT2D eigenvalue weighted by molar-refractivity contribution is 7.48. The van der Waals surface area contributed by atoms with Crippen molar-refractivity contribution in [2.24, 2.45) is 5.16 Å². The first-order valence-corrected chi connectivity index (χ1v) is 7.98. The zero-order valence-corrected chi connectivity index (χ0v) is 13.3. The summed E-state index contributed by atoms with van der Waals surface area (Å²) in [6.07, 6.45) is -4.40. The Morgan fingerprint density at radius 3 is 2.05 bits per heavy atom. The predicted octanol–water partition coefficient (Wildman–Crippen LogP) is 4.63. The van der Waals surface area contributed by atoms with Gasteiger partial charge in [-0.05, 0) is 38.5 Å². The number of rotatable bonds is 7. The third-order valence-corrected chi connectivity index (χ3v) is 3.91. The smallest absolute Gasteiger partial charge is 0.292 e. The molecule has 0 spiro atoms. The molecule has 0 saturated heterocycles. The van der Waals surface area contributed by atoms with E-state index in [0.29, 0.717) is 5.56 Å². The molecule has 0 atom stereocenters. The van der Waals surface area contributed by atoms with Crippen LogP contribution in [0.3, 0.4) is 0 Å². The lowest BCUT2D eigenvalue weighted by atomic mass is 10.1. The van der Waals surface area contributed by atoms with Crippen molar-refractivity contribution in [1.29, 1.82) is 0 Å². The van der Waals surface area contributed by atoms with Gasteiger partial charge in [0.25, 0.3) is 0 Å². The number of benzene rings is 1. The maximum atomic E-state index is 12.5. The number of alkyl halides is 3. The number of hydrogen-bond donors (Lipinski definition) is 0. The van der Waals surface area contributed by atoms with Gasteiger partial charge in [-0.1, -0.05) is 17.3 Å². The summed E-state index contributed by atoms with van der Waals surface area (Å²) in [5.74, 6) is 0. The Balaban J connectivity index is 2.86. The summed E-state index contributed by atoms with van der Waals surface area (Å²) in [6.45, 7) is 4.94. The van der Waals surface area contributed by atoms with Crippen LogP contribution in [0, 0.1) is 0 Å². The van der Waals surface area contributed by atoms with Crippen molar-refractivity contribution in [3.63, 3.8) is 0 Å². The van der Waals surface area contributed by atoms with E-state index >= 15 is 0 Å². The van der Waals surface area contributed by atoms with E-state index in [1.54, 1.807) is 13.8 Å². The molecule has 0 radical (unpaired) electrons. The average Bonchev–Trinajstić information content (AvgIpc) is 2.45. The minimum absolute atomic E-state index is 0.103. The second-order valence-corrected chi connectivity index (χ2v) is 5.69. The molecule has 0 fully saturated rings. The van der Waals surface area contributed by atoms with Crippen LogP contribution in [-0.4, -0.2) is 18.9 Å². The number of oxime groups is 1. The average molecular weight is 339 g/mol. The van der Waals surface area contributed by atoms with E-state index in [-0.39, 0.29) is 18.9 Å². The van der Waals surface area contributed by atoms with Gasteiger partial charge in [-0.3, -0.25) is 13.7 Å². The van der Waals surface area contributed by atoms with Gasteiger partial charge in [0.2, 0.25) is 0 Å². The highest BCUT2D eigenvalue weighted by Gasteiger charge is 2.30. The molecule has 1 aromatic carbocycles. The first kappa shape index (κ1) is 18.7. The molecule has 0 aliphatic carbocycles. The molecule has 0 N–H and O–H groups in total. The van der Waals surface area contributed by atoms with Crippen molar-refractivity contribution in [2.75, 3.05) is 13.2 Å². The van der Waals surface area contributed by atoms with Crippen LogP contribution in [-0.2, 0) is 24.4 Å². The van der Waals surface area contributed by atoms with Gasteiger partial charge in [0.15, 0.2) is 0 Å². The van der Waals surface area contributed by atoms with Crippen molar-refractivity contribution >= 4 is 13.5 Å². The fourth-order valence-electron chi connectivity index (χ4n) is 1.46. The molecule has 0 aliphatic heterocycles. The van der Waals surface area contributed by atoms with Crippen molar-refractivity contribution in [1.82, 2.24) is 0 Å². The Hall–Kier alpha value is -1.37. The second kappa shape index (κ2) is 7.76. The fraction of sp³-hybridized carbons (Fsp3) is 0.462. The Morgan fingerprint density at radius 2 is 1.64 bits per heavy atom. The van der Waals surface area contributed by atoms with E-state index < -0.39 is 19.6 Å². The van der Waals surface area contributed by atoms with E-state index in [4.69, 9.17) is 13.7 Å². The van der Waals surface area contributed by atoms with Crippen molar-refractivity contribution in [3.05, 3.63) is 35.4 Å². The lowest BCUT2D eigenvalue weighted by Crippen LogP contribution is -2.05. The zero-order chi connectivity index (χ0) is 16.8. The monoisotopic (exact) mass is 339 g/mol. The normalized spacial score (nSPS) is 13.3. The lowest BCUT2D eigenvalue weighted by molar-refractivity contribution is -0.137. The van der Waals surface area contributed by atoms with Crippen molar-refractivity contribution in [3.8, 4) is 0 Å². The van der Waals surface area contributed by atoms with E-state index in [9.17, 15) is 17.7 Å². The van der Waals surface area contributed by atoms with Gasteiger partial charge in [-0.25, -0.2) is 4.57 Å². The quantitative estimate of drug-likeness (QED) is 0.413. The molecule has 0 heterocycles. The highest BCUT2D eigenvalue weighted by Crippen LogP contribution is 2.49. The predicted molar refractivity (Wildman–Crippen MR) is 75.6 cm³/mol. The topological polar surface area (TPSA) is 57.1 Å². The first-order valence-electron chi connectivity index (χ1n) is 6.52. The van der Waals surface area contributed by atoms with Crippen LogP contribution in [0.2, 0.25) is 0 Å². The van der Waals surface area contributed by atoms with Crippen LogP contribution >= 0.6 is 7.82 Å². The Bertz CT molecular complexity index is 547. The minimum Gasteiger partial charge on any atom is -0.292 e. The summed E-state index contributed by atoms with van der Waals surface area (Å²) >= 11 is 0. The molecule has 0 amide bonds. The Kier molecular flexibility index (Phi) is 6.59. The van der Waals surface area contributed by atoms with Crippen LogP contribution in [0.1, 0.15) is 31.9 Å². The molecule has 1 aromatic rings. The van der Waals surface area contributed by atoms with Gasteiger partial charge in [-0.15, -0.1) is 0 Å². The van der Waals surface area contributed by atoms with Crippen LogP contribution in [0.15, 0.2) is 29.4 Å². The largest absolute Gasteiger partial charge is 0.550 e. The third-order valence-electron chi connectivity index (χ3n) is 2.48. The standard InChI is InChI=1S/C13H17F3NO4P/c1-4-19-22(18,20-5-2)21-17-10(3)11-6-8-12(9-7-11)13(14,15)16/h6-9H,4-5H2,1-3H3/b17-10+. The van der Waals surface area contributed by atoms with Gasteiger partial charge in [0.05, 0.1) is 24.5 Å². The Morgan fingerprint density at radius 1 is 1.14 bits per heavy atom. The number of halogens is 3. The van der Waals surface area contributed by atoms with Crippen LogP contribution in [0.5, 0.6) is 0 Å². The second-order valence-electron chi connectivity index (χ2n) is 4.12. The van der Waals surface area contributed by atoms with Crippen LogP contribution < -0.4 is 0 Å². The molecule has 1 rings (SSSR count). The number of hydrogen-bond acceptors (Lipinski definition) is 5. The molecule has 124 valence electrons. The van der Waals surface area contributed by atoms with Crippen molar-refractivity contribution in [2.45, 2.75) is 26.9 Å². The maximum Gasteiger partial charge on any atom is 0.550 e. The van der Waals surface area contributed by atoms with Gasteiger partial charge >= 0.3 is 14.0 Å². The molecule has 0 saturated carbocycles. The van der Waals surface area contributed by atoms with Gasteiger partial charge in [0, 0.05) is 0 Å². The molecular formula is C13H17F3NO4P. The molecule has 22 heavy (non-hydrogen) atoms. The van der Waals surface area contributed by atoms with Gasteiger partial charge in [-0.2, -0.15) is 13.2 Å². The summed E-state index contributed by atoms with van der Waals surface area (Å²) in [6, 6.07) is 4.35.